The number of urea groups is 1. The van der Waals surface area contributed by atoms with Crippen LogP contribution in [-0.2, 0) is 0 Å². The first-order valence-corrected chi connectivity index (χ1v) is 6.59. The van der Waals surface area contributed by atoms with Gasteiger partial charge in [-0.15, -0.1) is 0 Å². The first-order chi connectivity index (χ1) is 9.69. The van der Waals surface area contributed by atoms with Gasteiger partial charge in [0.25, 0.3) is 0 Å². The van der Waals surface area contributed by atoms with E-state index in [4.69, 9.17) is 0 Å². The number of rotatable bonds is 5. The third-order valence-corrected chi connectivity index (χ3v) is 2.88. The quantitative estimate of drug-likeness (QED) is 0.676. The van der Waals surface area contributed by atoms with E-state index in [-0.39, 0.29) is 12.1 Å². The van der Waals surface area contributed by atoms with E-state index in [1.165, 1.54) is 0 Å². The summed E-state index contributed by atoms with van der Waals surface area (Å²) in [4.78, 5) is 18.5. The van der Waals surface area contributed by atoms with Crippen LogP contribution in [0.3, 0.4) is 0 Å². The lowest BCUT2D eigenvalue weighted by atomic mass is 10.1. The Bertz CT molecular complexity index is 552. The number of anilines is 2. The van der Waals surface area contributed by atoms with Crippen LogP contribution in [0.15, 0.2) is 36.7 Å². The number of benzene rings is 1. The van der Waals surface area contributed by atoms with Crippen molar-refractivity contribution < 1.29 is 4.79 Å². The molecule has 0 spiro atoms. The van der Waals surface area contributed by atoms with Crippen molar-refractivity contribution in [2.24, 2.45) is 0 Å². The van der Waals surface area contributed by atoms with Crippen LogP contribution in [-0.4, -0.2) is 22.5 Å². The molecular formula is C14H19N5O. The van der Waals surface area contributed by atoms with Crippen LogP contribution in [0.1, 0.15) is 25.5 Å². The Morgan fingerprint density at radius 1 is 1.40 bits per heavy atom. The summed E-state index contributed by atoms with van der Waals surface area (Å²) >= 11 is 0. The van der Waals surface area contributed by atoms with Gasteiger partial charge in [0, 0.05) is 24.1 Å². The van der Waals surface area contributed by atoms with Gasteiger partial charge in [-0.25, -0.2) is 9.78 Å². The second kappa shape index (κ2) is 6.72. The lowest BCUT2D eigenvalue weighted by molar-refractivity contribution is 0.262. The molecule has 0 aliphatic rings. The molecule has 1 aromatic heterocycles. The third-order valence-electron chi connectivity index (χ3n) is 2.88. The molecule has 0 radical (unpaired) electrons. The third kappa shape index (κ3) is 3.83. The second-order valence-electron chi connectivity index (χ2n) is 4.42. The molecule has 1 heterocycles. The van der Waals surface area contributed by atoms with Gasteiger partial charge >= 0.3 is 6.03 Å². The summed E-state index contributed by atoms with van der Waals surface area (Å²) in [7, 11) is 0. The van der Waals surface area contributed by atoms with Gasteiger partial charge in [-0.2, -0.15) is 0 Å². The summed E-state index contributed by atoms with van der Waals surface area (Å²) in [5, 5.41) is 8.73. The minimum absolute atomic E-state index is 0.245. The zero-order valence-corrected chi connectivity index (χ0v) is 11.6. The number of hydrogen-bond donors (Lipinski definition) is 4. The van der Waals surface area contributed by atoms with Crippen molar-refractivity contribution in [2.45, 2.75) is 19.9 Å². The summed E-state index contributed by atoms with van der Waals surface area (Å²) < 4.78 is 0. The number of nitrogens with one attached hydrogen (secondary N) is 4. The molecule has 6 heteroatoms. The van der Waals surface area contributed by atoms with Crippen LogP contribution < -0.4 is 16.0 Å². The second-order valence-corrected chi connectivity index (χ2v) is 4.42. The molecule has 0 bridgehead atoms. The predicted octanol–water partition coefficient (Wildman–Crippen LogP) is 2.72. The van der Waals surface area contributed by atoms with Crippen molar-refractivity contribution in [1.29, 1.82) is 0 Å². The Balaban J connectivity index is 1.98. The van der Waals surface area contributed by atoms with Crippen molar-refractivity contribution in [1.82, 2.24) is 15.3 Å². The maximum absolute atomic E-state index is 11.8. The number of H-pyrrole nitrogens is 1. The number of imidazole rings is 1. The number of aromatic amines is 1. The molecule has 0 saturated heterocycles. The molecule has 0 aliphatic carbocycles. The lowest BCUT2D eigenvalue weighted by Gasteiger charge is -2.14. The van der Waals surface area contributed by atoms with Gasteiger partial charge in [0.05, 0.1) is 0 Å². The first kappa shape index (κ1) is 14.1. The zero-order valence-electron chi connectivity index (χ0n) is 11.6. The average molecular weight is 273 g/mol. The number of nitrogens with zero attached hydrogens (tertiary/aromatic N) is 1. The smallest absolute Gasteiger partial charge is 0.326 e. The highest BCUT2D eigenvalue weighted by Gasteiger charge is 2.07. The van der Waals surface area contributed by atoms with E-state index in [0.29, 0.717) is 5.95 Å². The number of amides is 2. The van der Waals surface area contributed by atoms with Gasteiger partial charge in [0.15, 0.2) is 0 Å². The molecule has 1 aromatic carbocycles. The summed E-state index contributed by atoms with van der Waals surface area (Å²) in [6, 6.07) is 7.68. The molecular weight excluding hydrogens is 254 g/mol. The number of aromatic nitrogens is 2. The van der Waals surface area contributed by atoms with E-state index >= 15 is 0 Å². The van der Waals surface area contributed by atoms with E-state index in [1.54, 1.807) is 12.4 Å². The normalized spacial score (nSPS) is 11.9. The van der Waals surface area contributed by atoms with E-state index < -0.39 is 0 Å². The van der Waals surface area contributed by atoms with Gasteiger partial charge in [-0.05, 0) is 31.2 Å². The summed E-state index contributed by atoms with van der Waals surface area (Å²) in [6.45, 7) is 5.05. The Morgan fingerprint density at radius 3 is 2.95 bits per heavy atom. The highest BCUT2D eigenvalue weighted by atomic mass is 16.2. The van der Waals surface area contributed by atoms with Gasteiger partial charge in [-0.1, -0.05) is 19.1 Å². The van der Waals surface area contributed by atoms with Crippen molar-refractivity contribution in [2.75, 3.05) is 17.2 Å². The van der Waals surface area contributed by atoms with Gasteiger partial charge in [0.1, 0.15) is 0 Å². The molecule has 2 rings (SSSR count). The largest absolute Gasteiger partial charge is 0.331 e. The van der Waals surface area contributed by atoms with Gasteiger partial charge < -0.3 is 15.6 Å². The Kier molecular flexibility index (Phi) is 4.73. The summed E-state index contributed by atoms with van der Waals surface area (Å²) in [6.07, 6.45) is 3.22. The van der Waals surface area contributed by atoms with E-state index in [2.05, 4.69) is 39.8 Å². The first-order valence-electron chi connectivity index (χ1n) is 6.59. The zero-order chi connectivity index (χ0) is 14.4. The average Bonchev–Trinajstić information content (AvgIpc) is 2.92. The molecule has 20 heavy (non-hydrogen) atoms. The minimum Gasteiger partial charge on any atom is -0.331 e. The maximum atomic E-state index is 11.8. The molecule has 1 atom stereocenters. The van der Waals surface area contributed by atoms with E-state index in [9.17, 15) is 4.79 Å². The highest BCUT2D eigenvalue weighted by Crippen LogP contribution is 2.17. The predicted molar refractivity (Wildman–Crippen MR) is 79.8 cm³/mol. The topological polar surface area (TPSA) is 81.8 Å². The minimum atomic E-state index is -0.326. The molecule has 0 fully saturated rings. The maximum Gasteiger partial charge on any atom is 0.326 e. The SMILES string of the molecule is CCNC(C)c1cccc(NC(=O)Nc2ncc[nH]2)c1. The number of carbonyl (C=O) groups is 1. The fourth-order valence-corrected chi connectivity index (χ4v) is 1.91. The monoisotopic (exact) mass is 273 g/mol. The van der Waals surface area contributed by atoms with Gasteiger partial charge in [-0.3, -0.25) is 5.32 Å². The summed E-state index contributed by atoms with van der Waals surface area (Å²) in [5.74, 6) is 0.416. The van der Waals surface area contributed by atoms with Crippen LogP contribution in [0.25, 0.3) is 0 Å². The highest BCUT2D eigenvalue weighted by molar-refractivity contribution is 5.98. The van der Waals surface area contributed by atoms with Crippen LogP contribution in [0.5, 0.6) is 0 Å². The fraction of sp³-hybridized carbons (Fsp3) is 0.286. The lowest BCUT2D eigenvalue weighted by Crippen LogP contribution is -2.21. The van der Waals surface area contributed by atoms with Gasteiger partial charge in [0.2, 0.25) is 5.95 Å². The number of carbonyl (C=O) groups excluding carboxylic acids is 1. The van der Waals surface area contributed by atoms with Crippen LogP contribution in [0, 0.1) is 0 Å². The molecule has 4 N–H and O–H groups in total. The summed E-state index contributed by atoms with van der Waals surface area (Å²) in [5.41, 5.74) is 1.87. The van der Waals surface area contributed by atoms with Crippen molar-refractivity contribution >= 4 is 17.7 Å². The molecule has 0 aliphatic heterocycles. The van der Waals surface area contributed by atoms with Crippen molar-refractivity contribution in [3.05, 3.63) is 42.2 Å². The standard InChI is InChI=1S/C14H19N5O/c1-3-15-10(2)11-5-4-6-12(9-11)18-14(20)19-13-16-7-8-17-13/h4-10,15H,3H2,1-2H3,(H3,16,17,18,19,20). The van der Waals surface area contributed by atoms with Crippen LogP contribution in [0.4, 0.5) is 16.4 Å². The van der Waals surface area contributed by atoms with Crippen molar-refractivity contribution in [3.8, 4) is 0 Å². The molecule has 0 saturated carbocycles. The molecule has 1 unspecified atom stereocenters. The molecule has 2 amide bonds. The molecule has 106 valence electrons. The fourth-order valence-electron chi connectivity index (χ4n) is 1.91. The Hall–Kier alpha value is -2.34. The van der Waals surface area contributed by atoms with Crippen LogP contribution >= 0.6 is 0 Å². The number of hydrogen-bond acceptors (Lipinski definition) is 3. The van der Waals surface area contributed by atoms with E-state index in [1.807, 2.05) is 24.3 Å². The molecule has 2 aromatic rings. The molecule has 6 nitrogen and oxygen atoms in total. The Morgan fingerprint density at radius 2 is 2.25 bits per heavy atom. The van der Waals surface area contributed by atoms with Crippen LogP contribution in [0.2, 0.25) is 0 Å². The van der Waals surface area contributed by atoms with Crippen molar-refractivity contribution in [3.63, 3.8) is 0 Å². The Labute approximate surface area is 118 Å². The van der Waals surface area contributed by atoms with E-state index in [0.717, 1.165) is 17.8 Å².